The number of aliphatic hydroxyl groups is 1. The van der Waals surface area contributed by atoms with Crippen LogP contribution in [0.1, 0.15) is 57.2 Å². The Balaban J connectivity index is 1.70. The second kappa shape index (κ2) is 11.5. The topological polar surface area (TPSA) is 59.8 Å². The van der Waals surface area contributed by atoms with E-state index >= 15 is 0 Å². The van der Waals surface area contributed by atoms with Crippen LogP contribution < -0.4 is 9.47 Å². The lowest BCUT2D eigenvalue weighted by Gasteiger charge is -2.25. The molecule has 6 nitrogen and oxygen atoms in total. The van der Waals surface area contributed by atoms with Gasteiger partial charge in [-0.05, 0) is 49.9 Å². The molecular formula is C28H37N3O3. The zero-order valence-corrected chi connectivity index (χ0v) is 20.6. The van der Waals surface area contributed by atoms with Crippen LogP contribution in [0.2, 0.25) is 0 Å². The average molecular weight is 464 g/mol. The first kappa shape index (κ1) is 24.3. The molecule has 1 aliphatic carbocycles. The van der Waals surface area contributed by atoms with Crippen LogP contribution in [-0.4, -0.2) is 45.6 Å². The van der Waals surface area contributed by atoms with Crippen molar-refractivity contribution < 1.29 is 14.6 Å². The van der Waals surface area contributed by atoms with Crippen LogP contribution in [0, 0.1) is 0 Å². The Morgan fingerprint density at radius 1 is 1.09 bits per heavy atom. The molecule has 0 spiro atoms. The van der Waals surface area contributed by atoms with Crippen LogP contribution in [0.5, 0.6) is 17.4 Å². The van der Waals surface area contributed by atoms with Gasteiger partial charge in [0, 0.05) is 25.2 Å². The lowest BCUT2D eigenvalue weighted by atomic mass is 10.1. The molecule has 1 saturated carbocycles. The van der Waals surface area contributed by atoms with Crippen LogP contribution in [0.3, 0.4) is 0 Å². The van der Waals surface area contributed by atoms with Crippen molar-refractivity contribution in [2.45, 2.75) is 71.1 Å². The zero-order chi connectivity index (χ0) is 23.9. The first-order valence-electron chi connectivity index (χ1n) is 12.5. The maximum absolute atomic E-state index is 10.7. The summed E-state index contributed by atoms with van der Waals surface area (Å²) >= 11 is 0. The smallest absolute Gasteiger partial charge is 0.227 e. The van der Waals surface area contributed by atoms with Crippen molar-refractivity contribution in [1.29, 1.82) is 0 Å². The van der Waals surface area contributed by atoms with Crippen molar-refractivity contribution in [3.63, 3.8) is 0 Å². The molecule has 1 heterocycles. The molecule has 0 amide bonds. The third-order valence-corrected chi connectivity index (χ3v) is 6.37. The van der Waals surface area contributed by atoms with Gasteiger partial charge in [-0.25, -0.2) is 4.68 Å². The fourth-order valence-corrected chi connectivity index (χ4v) is 4.33. The van der Waals surface area contributed by atoms with E-state index in [0.29, 0.717) is 24.9 Å². The quantitative estimate of drug-likeness (QED) is 0.350. The van der Waals surface area contributed by atoms with E-state index in [0.717, 1.165) is 54.3 Å². The molecule has 1 atom stereocenters. The highest BCUT2D eigenvalue weighted by molar-refractivity contribution is 5.44. The van der Waals surface area contributed by atoms with E-state index in [4.69, 9.17) is 14.6 Å². The standard InChI is InChI=1S/C28H37N3O3/c1-4-6-13-23(32)19-30(21-16-17-21)20-26-27(5-2)29-31(22-11-8-7-9-12-22)28(26)34-25-15-10-14-24(18-25)33-3/h7-12,14-15,18,21,23,32H,4-6,13,16-17,19-20H2,1-3H3. The Hall–Kier alpha value is -2.83. The largest absolute Gasteiger partial charge is 0.497 e. The number of para-hydroxylation sites is 1. The fraction of sp³-hybridized carbons (Fsp3) is 0.464. The summed E-state index contributed by atoms with van der Waals surface area (Å²) in [4.78, 5) is 2.42. The van der Waals surface area contributed by atoms with Gasteiger partial charge in [-0.1, -0.05) is 51.0 Å². The molecule has 0 aliphatic heterocycles. The second-order valence-electron chi connectivity index (χ2n) is 9.07. The highest BCUT2D eigenvalue weighted by atomic mass is 16.5. The summed E-state index contributed by atoms with van der Waals surface area (Å²) in [6, 6.07) is 18.3. The Morgan fingerprint density at radius 3 is 2.53 bits per heavy atom. The molecule has 1 aromatic heterocycles. The second-order valence-corrected chi connectivity index (χ2v) is 9.07. The fourth-order valence-electron chi connectivity index (χ4n) is 4.33. The molecule has 1 fully saturated rings. The SMILES string of the molecule is CCCCC(O)CN(Cc1c(CC)nn(-c2ccccc2)c1Oc1cccc(OC)c1)C1CC1. The molecule has 2 aromatic carbocycles. The van der Waals surface area contributed by atoms with Crippen LogP contribution in [-0.2, 0) is 13.0 Å². The predicted octanol–water partition coefficient (Wildman–Crippen LogP) is 5.75. The third-order valence-electron chi connectivity index (χ3n) is 6.37. The van der Waals surface area contributed by atoms with Crippen molar-refractivity contribution in [1.82, 2.24) is 14.7 Å². The highest BCUT2D eigenvalue weighted by Gasteiger charge is 2.33. The van der Waals surface area contributed by atoms with Crippen LogP contribution in [0.4, 0.5) is 0 Å². The van der Waals surface area contributed by atoms with Crippen LogP contribution in [0.25, 0.3) is 5.69 Å². The number of nitrogens with zero attached hydrogens (tertiary/aromatic N) is 3. The summed E-state index contributed by atoms with van der Waals surface area (Å²) in [7, 11) is 1.66. The number of hydrogen-bond acceptors (Lipinski definition) is 5. The van der Waals surface area contributed by atoms with E-state index in [1.54, 1.807) is 7.11 Å². The number of aromatic nitrogens is 2. The Labute approximate surface area is 203 Å². The number of aliphatic hydroxyl groups excluding tert-OH is 1. The highest BCUT2D eigenvalue weighted by Crippen LogP contribution is 2.36. The van der Waals surface area contributed by atoms with Gasteiger partial charge >= 0.3 is 0 Å². The molecular weight excluding hydrogens is 426 g/mol. The van der Waals surface area contributed by atoms with Crippen LogP contribution >= 0.6 is 0 Å². The summed E-state index contributed by atoms with van der Waals surface area (Å²) < 4.78 is 13.8. The Kier molecular flexibility index (Phi) is 8.25. The number of hydrogen-bond donors (Lipinski definition) is 1. The average Bonchev–Trinajstić information content (AvgIpc) is 3.66. The van der Waals surface area contributed by atoms with E-state index < -0.39 is 0 Å². The number of ether oxygens (including phenoxy) is 2. The minimum Gasteiger partial charge on any atom is -0.497 e. The number of methoxy groups -OCH3 is 1. The van der Waals surface area contributed by atoms with E-state index in [1.165, 1.54) is 12.8 Å². The molecule has 1 unspecified atom stereocenters. The summed E-state index contributed by atoms with van der Waals surface area (Å²) in [5, 5.41) is 15.6. The van der Waals surface area contributed by atoms with Gasteiger partial charge in [0.2, 0.25) is 5.88 Å². The van der Waals surface area contributed by atoms with Crippen molar-refractivity contribution in [2.75, 3.05) is 13.7 Å². The van der Waals surface area contributed by atoms with Gasteiger partial charge in [0.15, 0.2) is 0 Å². The van der Waals surface area contributed by atoms with Crippen molar-refractivity contribution in [3.05, 3.63) is 65.9 Å². The van der Waals surface area contributed by atoms with Gasteiger partial charge in [0.1, 0.15) is 11.5 Å². The lowest BCUT2D eigenvalue weighted by molar-refractivity contribution is 0.0949. The molecule has 0 bridgehead atoms. The minimum absolute atomic E-state index is 0.308. The number of benzene rings is 2. The maximum atomic E-state index is 10.7. The molecule has 1 N–H and O–H groups in total. The maximum Gasteiger partial charge on any atom is 0.227 e. The summed E-state index contributed by atoms with van der Waals surface area (Å²) in [5.41, 5.74) is 3.07. The molecule has 182 valence electrons. The predicted molar refractivity (Wildman–Crippen MR) is 135 cm³/mol. The minimum atomic E-state index is -0.308. The summed E-state index contributed by atoms with van der Waals surface area (Å²) in [5.74, 6) is 2.19. The molecule has 6 heteroatoms. The molecule has 0 saturated heterocycles. The summed E-state index contributed by atoms with van der Waals surface area (Å²) in [6.07, 6.45) is 5.86. The van der Waals surface area contributed by atoms with Gasteiger partial charge in [-0.15, -0.1) is 0 Å². The van der Waals surface area contributed by atoms with Crippen molar-refractivity contribution >= 4 is 0 Å². The first-order chi connectivity index (χ1) is 16.6. The Bertz CT molecular complexity index is 1050. The molecule has 34 heavy (non-hydrogen) atoms. The van der Waals surface area contributed by atoms with E-state index in [9.17, 15) is 5.11 Å². The van der Waals surface area contributed by atoms with Gasteiger partial charge in [-0.2, -0.15) is 5.10 Å². The van der Waals surface area contributed by atoms with Gasteiger partial charge in [0.25, 0.3) is 0 Å². The van der Waals surface area contributed by atoms with Crippen molar-refractivity contribution in [3.8, 4) is 23.1 Å². The third kappa shape index (κ3) is 5.99. The first-order valence-corrected chi connectivity index (χ1v) is 12.5. The van der Waals surface area contributed by atoms with E-state index in [-0.39, 0.29) is 6.10 Å². The zero-order valence-electron chi connectivity index (χ0n) is 20.6. The monoisotopic (exact) mass is 463 g/mol. The van der Waals surface area contributed by atoms with E-state index in [1.807, 2.05) is 59.3 Å². The van der Waals surface area contributed by atoms with Gasteiger partial charge in [0.05, 0.1) is 30.2 Å². The number of rotatable bonds is 13. The molecule has 4 rings (SSSR count). The lowest BCUT2D eigenvalue weighted by Crippen LogP contribution is -2.34. The number of unbranched alkanes of at least 4 members (excludes halogenated alkanes) is 1. The van der Waals surface area contributed by atoms with Crippen LogP contribution in [0.15, 0.2) is 54.6 Å². The van der Waals surface area contributed by atoms with E-state index in [2.05, 4.69) is 18.7 Å². The Morgan fingerprint density at radius 2 is 1.85 bits per heavy atom. The van der Waals surface area contributed by atoms with Crippen molar-refractivity contribution in [2.24, 2.45) is 0 Å². The normalized spacial score (nSPS) is 14.4. The number of aryl methyl sites for hydroxylation is 1. The summed E-state index contributed by atoms with van der Waals surface area (Å²) in [6.45, 7) is 5.69. The van der Waals surface area contributed by atoms with Gasteiger partial charge in [-0.3, -0.25) is 4.90 Å². The molecule has 1 aliphatic rings. The molecule has 0 radical (unpaired) electrons. The molecule has 3 aromatic rings. The van der Waals surface area contributed by atoms with Gasteiger partial charge < -0.3 is 14.6 Å².